The van der Waals surface area contributed by atoms with Gasteiger partial charge < -0.3 is 20.5 Å². The Bertz CT molecular complexity index is 629. The molecule has 1 heterocycles. The molecule has 1 aromatic carbocycles. The van der Waals surface area contributed by atoms with Crippen molar-refractivity contribution in [3.8, 4) is 5.75 Å². The summed E-state index contributed by atoms with van der Waals surface area (Å²) in [5, 5.41) is 20.9. The minimum Gasteiger partial charge on any atom is -0.406 e. The van der Waals surface area contributed by atoms with Crippen molar-refractivity contribution >= 4 is 11.7 Å². The molecular formula is C13H13F3N4O3. The number of carbonyl (C=O) groups is 1. The molecule has 0 saturated heterocycles. The van der Waals surface area contributed by atoms with Gasteiger partial charge in [-0.15, -0.1) is 13.2 Å². The van der Waals surface area contributed by atoms with E-state index in [1.165, 1.54) is 24.5 Å². The molecule has 2 rings (SSSR count). The van der Waals surface area contributed by atoms with E-state index in [2.05, 4.69) is 25.6 Å². The lowest BCUT2D eigenvalue weighted by Gasteiger charge is -2.14. The first-order valence-corrected chi connectivity index (χ1v) is 6.41. The topological polar surface area (TPSA) is 99.3 Å². The summed E-state index contributed by atoms with van der Waals surface area (Å²) in [7, 11) is 0. The summed E-state index contributed by atoms with van der Waals surface area (Å²) in [6, 6.07) is 4.17. The second-order valence-electron chi connectivity index (χ2n) is 4.45. The van der Waals surface area contributed by atoms with Gasteiger partial charge in [0.2, 0.25) is 0 Å². The molecule has 2 aromatic rings. The van der Waals surface area contributed by atoms with E-state index in [0.717, 1.165) is 12.1 Å². The molecule has 0 bridgehead atoms. The van der Waals surface area contributed by atoms with Crippen LogP contribution in [0.25, 0.3) is 0 Å². The number of aliphatic hydroxyl groups is 1. The van der Waals surface area contributed by atoms with Crippen LogP contribution in [0.3, 0.4) is 0 Å². The molecule has 0 saturated carbocycles. The van der Waals surface area contributed by atoms with Gasteiger partial charge in [0.25, 0.3) is 0 Å². The predicted molar refractivity (Wildman–Crippen MR) is 73.7 cm³/mol. The number of amides is 2. The van der Waals surface area contributed by atoms with Crippen LogP contribution in [0.1, 0.15) is 11.7 Å². The van der Waals surface area contributed by atoms with Gasteiger partial charge in [-0.25, -0.2) is 4.79 Å². The van der Waals surface area contributed by atoms with E-state index >= 15 is 0 Å². The summed E-state index contributed by atoms with van der Waals surface area (Å²) < 4.78 is 39.8. The van der Waals surface area contributed by atoms with Crippen LogP contribution in [0.15, 0.2) is 36.7 Å². The molecular weight excluding hydrogens is 317 g/mol. The minimum absolute atomic E-state index is 0.122. The van der Waals surface area contributed by atoms with E-state index < -0.39 is 18.5 Å². The quantitative estimate of drug-likeness (QED) is 0.675. The molecule has 23 heavy (non-hydrogen) atoms. The highest BCUT2D eigenvalue weighted by Crippen LogP contribution is 2.24. The third-order valence-corrected chi connectivity index (χ3v) is 2.71. The van der Waals surface area contributed by atoms with E-state index in [4.69, 9.17) is 0 Å². The van der Waals surface area contributed by atoms with E-state index in [-0.39, 0.29) is 12.3 Å². The first kappa shape index (κ1) is 16.6. The van der Waals surface area contributed by atoms with E-state index in [0.29, 0.717) is 11.3 Å². The molecule has 0 spiro atoms. The number of anilines is 1. The van der Waals surface area contributed by atoms with Gasteiger partial charge in [-0.1, -0.05) is 12.1 Å². The number of benzene rings is 1. The summed E-state index contributed by atoms with van der Waals surface area (Å²) in [5.41, 5.74) is 0.786. The van der Waals surface area contributed by atoms with Crippen molar-refractivity contribution in [3.05, 3.63) is 42.2 Å². The Kier molecular flexibility index (Phi) is 5.06. The third-order valence-electron chi connectivity index (χ3n) is 2.71. The average molecular weight is 330 g/mol. The highest BCUT2D eigenvalue weighted by molar-refractivity contribution is 5.88. The smallest absolute Gasteiger partial charge is 0.406 e. The van der Waals surface area contributed by atoms with Gasteiger partial charge in [0.1, 0.15) is 5.75 Å². The highest BCUT2D eigenvalue weighted by Gasteiger charge is 2.31. The lowest BCUT2D eigenvalue weighted by Crippen LogP contribution is -2.32. The fourth-order valence-corrected chi connectivity index (χ4v) is 1.69. The molecule has 1 atom stereocenters. The van der Waals surface area contributed by atoms with Gasteiger partial charge in [-0.2, -0.15) is 5.10 Å². The van der Waals surface area contributed by atoms with Crippen molar-refractivity contribution in [2.24, 2.45) is 0 Å². The van der Waals surface area contributed by atoms with Crippen LogP contribution in [0.5, 0.6) is 5.75 Å². The fourth-order valence-electron chi connectivity index (χ4n) is 1.69. The van der Waals surface area contributed by atoms with Crippen LogP contribution >= 0.6 is 0 Å². The average Bonchev–Trinajstić information content (AvgIpc) is 2.97. The largest absolute Gasteiger partial charge is 0.573 e. The standard InChI is InChI=1S/C13H13F3N4O3/c14-13(15,16)23-10-3-1-8(2-4-10)11(21)7-17-12(22)20-9-5-18-19-6-9/h1-6,11,21H,7H2,(H,18,19)(H2,17,20,22)/t11-/m1/s1. The number of nitrogens with zero attached hydrogens (tertiary/aromatic N) is 1. The van der Waals surface area contributed by atoms with Crippen molar-refractivity contribution in [2.75, 3.05) is 11.9 Å². The molecule has 124 valence electrons. The van der Waals surface area contributed by atoms with Crippen molar-refractivity contribution in [1.82, 2.24) is 15.5 Å². The van der Waals surface area contributed by atoms with E-state index in [1.807, 2.05) is 0 Å². The maximum atomic E-state index is 12.0. The normalized spacial score (nSPS) is 12.5. The molecule has 2 amide bonds. The zero-order valence-electron chi connectivity index (χ0n) is 11.6. The van der Waals surface area contributed by atoms with Crippen LogP contribution in [-0.4, -0.2) is 34.2 Å². The first-order valence-electron chi connectivity index (χ1n) is 6.41. The van der Waals surface area contributed by atoms with Gasteiger partial charge in [0, 0.05) is 12.7 Å². The third kappa shape index (κ3) is 5.51. The lowest BCUT2D eigenvalue weighted by molar-refractivity contribution is -0.274. The molecule has 0 radical (unpaired) electrons. The molecule has 0 unspecified atom stereocenters. The second-order valence-corrected chi connectivity index (χ2v) is 4.45. The summed E-state index contributed by atoms with van der Waals surface area (Å²) in [5.74, 6) is -0.390. The van der Waals surface area contributed by atoms with Crippen LogP contribution in [0.4, 0.5) is 23.7 Å². The lowest BCUT2D eigenvalue weighted by atomic mass is 10.1. The number of nitrogens with one attached hydrogen (secondary N) is 3. The number of hydrogen-bond acceptors (Lipinski definition) is 4. The molecule has 4 N–H and O–H groups in total. The number of H-pyrrole nitrogens is 1. The highest BCUT2D eigenvalue weighted by atomic mass is 19.4. The Balaban J connectivity index is 1.83. The maximum Gasteiger partial charge on any atom is 0.573 e. The number of aliphatic hydroxyl groups excluding tert-OH is 1. The van der Waals surface area contributed by atoms with Gasteiger partial charge in [-0.3, -0.25) is 5.10 Å². The number of aromatic amines is 1. The SMILES string of the molecule is O=C(NC[C@@H](O)c1ccc(OC(F)(F)F)cc1)Nc1cn[nH]c1. The molecule has 0 fully saturated rings. The van der Waals surface area contributed by atoms with Crippen LogP contribution < -0.4 is 15.4 Å². The molecule has 0 aliphatic rings. The molecule has 10 heteroatoms. The summed E-state index contributed by atoms with van der Waals surface area (Å²) in [6.45, 7) is -0.122. The Morgan fingerprint density at radius 2 is 2.04 bits per heavy atom. The second kappa shape index (κ2) is 7.01. The van der Waals surface area contributed by atoms with Crippen molar-refractivity contribution < 1.29 is 27.8 Å². The van der Waals surface area contributed by atoms with Crippen LogP contribution in [0, 0.1) is 0 Å². The number of halogens is 3. The number of hydrogen-bond donors (Lipinski definition) is 4. The summed E-state index contributed by atoms with van der Waals surface area (Å²) >= 11 is 0. The number of rotatable bonds is 5. The van der Waals surface area contributed by atoms with Gasteiger partial charge in [0.15, 0.2) is 0 Å². The Morgan fingerprint density at radius 1 is 1.35 bits per heavy atom. The van der Waals surface area contributed by atoms with Crippen molar-refractivity contribution in [3.63, 3.8) is 0 Å². The van der Waals surface area contributed by atoms with Crippen molar-refractivity contribution in [2.45, 2.75) is 12.5 Å². The minimum atomic E-state index is -4.77. The van der Waals surface area contributed by atoms with Crippen LogP contribution in [-0.2, 0) is 0 Å². The Hall–Kier alpha value is -2.75. The van der Waals surface area contributed by atoms with Gasteiger partial charge in [-0.05, 0) is 17.7 Å². The number of ether oxygens (including phenoxy) is 1. The number of alkyl halides is 3. The number of carbonyl (C=O) groups excluding carboxylic acids is 1. The number of urea groups is 1. The fraction of sp³-hybridized carbons (Fsp3) is 0.231. The summed E-state index contributed by atoms with van der Waals surface area (Å²) in [6.07, 6.45) is -2.98. The molecule has 0 aliphatic heterocycles. The summed E-state index contributed by atoms with van der Waals surface area (Å²) in [4.78, 5) is 11.5. The molecule has 0 aliphatic carbocycles. The zero-order valence-corrected chi connectivity index (χ0v) is 11.6. The van der Waals surface area contributed by atoms with Gasteiger partial charge >= 0.3 is 12.4 Å². The van der Waals surface area contributed by atoms with E-state index in [9.17, 15) is 23.1 Å². The monoisotopic (exact) mass is 330 g/mol. The molecule has 1 aromatic heterocycles. The van der Waals surface area contributed by atoms with Gasteiger partial charge in [0.05, 0.1) is 18.0 Å². The Morgan fingerprint density at radius 3 is 2.61 bits per heavy atom. The van der Waals surface area contributed by atoms with Crippen molar-refractivity contribution in [1.29, 1.82) is 0 Å². The van der Waals surface area contributed by atoms with E-state index in [1.54, 1.807) is 0 Å². The maximum absolute atomic E-state index is 12.0. The predicted octanol–water partition coefficient (Wildman–Crippen LogP) is 2.16. The first-order chi connectivity index (χ1) is 10.8. The number of aromatic nitrogens is 2. The molecule has 7 nitrogen and oxygen atoms in total. The van der Waals surface area contributed by atoms with Crippen LogP contribution in [0.2, 0.25) is 0 Å². The Labute approximate surface area is 128 Å². The zero-order chi connectivity index (χ0) is 16.9.